The quantitative estimate of drug-likeness (QED) is 0.410. The molecule has 1 amide bonds. The highest BCUT2D eigenvalue weighted by Gasteiger charge is 2.32. The first-order chi connectivity index (χ1) is 16.1. The van der Waals surface area contributed by atoms with Crippen LogP contribution in [0.1, 0.15) is 42.4 Å². The van der Waals surface area contributed by atoms with Gasteiger partial charge in [0.2, 0.25) is 5.91 Å². The van der Waals surface area contributed by atoms with Crippen LogP contribution in [0.3, 0.4) is 0 Å². The van der Waals surface area contributed by atoms with E-state index in [0.29, 0.717) is 22.6 Å². The first-order valence-corrected chi connectivity index (χ1v) is 11.1. The van der Waals surface area contributed by atoms with Crippen molar-refractivity contribution in [1.29, 1.82) is 0 Å². The number of aromatic nitrogens is 1. The average molecular weight is 463 g/mol. The summed E-state index contributed by atoms with van der Waals surface area (Å²) in [6.07, 6.45) is 1.36. The van der Waals surface area contributed by atoms with E-state index in [4.69, 9.17) is 0 Å². The fraction of sp³-hybridized carbons (Fsp3) is 0.214. The predicted molar refractivity (Wildman–Crippen MR) is 127 cm³/mol. The molecular formula is C28H25F3N2O. The highest BCUT2D eigenvalue weighted by atomic mass is 19.4. The van der Waals surface area contributed by atoms with E-state index in [9.17, 15) is 18.0 Å². The molecule has 0 bridgehead atoms. The lowest BCUT2D eigenvalue weighted by molar-refractivity contribution is -0.137. The fourth-order valence-electron chi connectivity index (χ4n) is 4.04. The van der Waals surface area contributed by atoms with E-state index in [-0.39, 0.29) is 17.9 Å². The van der Waals surface area contributed by atoms with Gasteiger partial charge in [-0.3, -0.25) is 14.7 Å². The van der Waals surface area contributed by atoms with Crippen LogP contribution >= 0.6 is 0 Å². The zero-order valence-corrected chi connectivity index (χ0v) is 19.2. The Balaban J connectivity index is 1.78. The highest BCUT2D eigenvalue weighted by molar-refractivity contribution is 5.90. The number of hydrogen-bond donors (Lipinski definition) is 0. The van der Waals surface area contributed by atoms with Crippen molar-refractivity contribution in [2.24, 2.45) is 5.92 Å². The second kappa shape index (κ2) is 9.29. The lowest BCUT2D eigenvalue weighted by atomic mass is 9.96. The third-order valence-corrected chi connectivity index (χ3v) is 5.72. The van der Waals surface area contributed by atoms with Crippen molar-refractivity contribution in [3.63, 3.8) is 0 Å². The summed E-state index contributed by atoms with van der Waals surface area (Å²) in [4.78, 5) is 19.8. The highest BCUT2D eigenvalue weighted by Crippen LogP contribution is 2.37. The second-order valence-corrected chi connectivity index (χ2v) is 8.61. The number of amides is 1. The maximum Gasteiger partial charge on any atom is 0.416 e. The van der Waals surface area contributed by atoms with Gasteiger partial charge in [-0.15, -0.1) is 0 Å². The molecule has 1 aliphatic rings. The smallest absolute Gasteiger partial charge is 0.299 e. The summed E-state index contributed by atoms with van der Waals surface area (Å²) in [6.45, 7) is 5.55. The monoisotopic (exact) mass is 462 g/mol. The maximum absolute atomic E-state index is 13.4. The summed E-state index contributed by atoms with van der Waals surface area (Å²) in [6, 6.07) is 18.2. The molecule has 3 nitrogen and oxygen atoms in total. The van der Waals surface area contributed by atoms with E-state index < -0.39 is 11.7 Å². The number of hydrogen-bond acceptors (Lipinski definition) is 2. The van der Waals surface area contributed by atoms with Crippen molar-refractivity contribution in [3.05, 3.63) is 107 Å². The number of pyridine rings is 1. The van der Waals surface area contributed by atoms with E-state index in [1.807, 2.05) is 81.5 Å². The third-order valence-electron chi connectivity index (χ3n) is 5.72. The lowest BCUT2D eigenvalue weighted by Crippen LogP contribution is -2.37. The van der Waals surface area contributed by atoms with Crippen LogP contribution in [0.2, 0.25) is 0 Å². The fourth-order valence-corrected chi connectivity index (χ4v) is 4.04. The van der Waals surface area contributed by atoms with Gasteiger partial charge in [0.1, 0.15) is 0 Å². The second-order valence-electron chi connectivity index (χ2n) is 8.61. The van der Waals surface area contributed by atoms with E-state index >= 15 is 0 Å². The number of carbonyl (C=O) groups is 1. The standard InChI is InChI=1S/C28H25F3N2O/c1-18(2)27(34)33-25(21-8-5-4-6-9-21)10-7-11-26(33)24-17-22(16-19(3)32-24)20-12-14-23(15-13-20)28(29,30)31/h4-18,25H,1-3H3. The normalized spacial score (nSPS) is 16.0. The molecule has 4 rings (SSSR count). The van der Waals surface area contributed by atoms with Gasteiger partial charge < -0.3 is 0 Å². The van der Waals surface area contributed by atoms with Crippen molar-refractivity contribution in [1.82, 2.24) is 9.88 Å². The Morgan fingerprint density at radius 1 is 0.971 bits per heavy atom. The molecule has 1 atom stereocenters. The van der Waals surface area contributed by atoms with Gasteiger partial charge in [-0.25, -0.2) is 0 Å². The van der Waals surface area contributed by atoms with Gasteiger partial charge in [0.05, 0.1) is 23.0 Å². The first-order valence-electron chi connectivity index (χ1n) is 11.1. The zero-order chi connectivity index (χ0) is 24.5. The minimum Gasteiger partial charge on any atom is -0.299 e. The van der Waals surface area contributed by atoms with Gasteiger partial charge in [-0.05, 0) is 54.0 Å². The summed E-state index contributed by atoms with van der Waals surface area (Å²) < 4.78 is 39.0. The van der Waals surface area contributed by atoms with Crippen molar-refractivity contribution < 1.29 is 18.0 Å². The Kier molecular flexibility index (Phi) is 6.42. The lowest BCUT2D eigenvalue weighted by Gasteiger charge is -2.35. The molecule has 0 N–H and O–H groups in total. The van der Waals surface area contributed by atoms with Gasteiger partial charge in [-0.2, -0.15) is 13.2 Å². The van der Waals surface area contributed by atoms with E-state index in [2.05, 4.69) is 4.98 Å². The van der Waals surface area contributed by atoms with Gasteiger partial charge in [0.15, 0.2) is 0 Å². The molecule has 0 saturated carbocycles. The summed E-state index contributed by atoms with van der Waals surface area (Å²) in [7, 11) is 0. The van der Waals surface area contributed by atoms with Gasteiger partial charge >= 0.3 is 6.18 Å². The number of rotatable bonds is 4. The van der Waals surface area contributed by atoms with Crippen LogP contribution in [-0.4, -0.2) is 15.8 Å². The molecule has 6 heteroatoms. The number of carbonyl (C=O) groups excluding carboxylic acids is 1. The van der Waals surface area contributed by atoms with Crippen LogP contribution in [0.4, 0.5) is 13.2 Å². The zero-order valence-electron chi connectivity index (χ0n) is 19.2. The van der Waals surface area contributed by atoms with Gasteiger partial charge in [0, 0.05) is 11.6 Å². The molecule has 0 radical (unpaired) electrons. The number of allylic oxidation sites excluding steroid dienone is 2. The average Bonchev–Trinajstić information content (AvgIpc) is 2.82. The summed E-state index contributed by atoms with van der Waals surface area (Å²) in [5.74, 6) is -0.274. The summed E-state index contributed by atoms with van der Waals surface area (Å²) >= 11 is 0. The SMILES string of the molecule is Cc1cc(-c2ccc(C(F)(F)F)cc2)cc(C2=CC=CC(c3ccccc3)N2C(=O)C(C)C)n1. The number of nitrogens with zero attached hydrogens (tertiary/aromatic N) is 2. The van der Waals surface area contributed by atoms with E-state index in [0.717, 1.165) is 23.3 Å². The van der Waals surface area contributed by atoms with Crippen molar-refractivity contribution in [2.45, 2.75) is 33.0 Å². The number of benzene rings is 2. The van der Waals surface area contributed by atoms with Gasteiger partial charge in [0.25, 0.3) is 0 Å². The van der Waals surface area contributed by atoms with Crippen LogP contribution in [0.15, 0.2) is 85.0 Å². The Hall–Kier alpha value is -3.67. The van der Waals surface area contributed by atoms with Crippen molar-refractivity contribution >= 4 is 11.6 Å². The molecule has 3 aromatic rings. The minimum absolute atomic E-state index is 0.0381. The number of halogens is 3. The van der Waals surface area contributed by atoms with Gasteiger partial charge in [-0.1, -0.05) is 68.5 Å². The van der Waals surface area contributed by atoms with E-state index in [1.54, 1.807) is 4.90 Å². The number of aryl methyl sites for hydroxylation is 1. The maximum atomic E-state index is 13.4. The number of alkyl halides is 3. The molecule has 2 heterocycles. The van der Waals surface area contributed by atoms with Crippen LogP contribution in [0, 0.1) is 12.8 Å². The largest absolute Gasteiger partial charge is 0.416 e. The molecule has 1 unspecified atom stereocenters. The Labute approximate surface area is 197 Å². The Bertz CT molecular complexity index is 1240. The molecule has 0 spiro atoms. The molecule has 174 valence electrons. The molecule has 34 heavy (non-hydrogen) atoms. The molecule has 1 aromatic heterocycles. The summed E-state index contributed by atoms with van der Waals surface area (Å²) in [5.41, 5.74) is 3.63. The molecule has 2 aromatic carbocycles. The molecule has 1 aliphatic heterocycles. The van der Waals surface area contributed by atoms with Crippen molar-refractivity contribution in [2.75, 3.05) is 0 Å². The third kappa shape index (κ3) is 4.81. The first kappa shape index (κ1) is 23.5. The molecule has 0 fully saturated rings. The predicted octanol–water partition coefficient (Wildman–Crippen LogP) is 7.21. The van der Waals surface area contributed by atoms with E-state index in [1.165, 1.54) is 12.1 Å². The van der Waals surface area contributed by atoms with Crippen LogP contribution in [0.5, 0.6) is 0 Å². The van der Waals surface area contributed by atoms with Crippen LogP contribution in [-0.2, 0) is 11.0 Å². The molecular weight excluding hydrogens is 437 g/mol. The van der Waals surface area contributed by atoms with Crippen molar-refractivity contribution in [3.8, 4) is 11.1 Å². The van der Waals surface area contributed by atoms with Crippen LogP contribution in [0.25, 0.3) is 16.8 Å². The molecule has 0 saturated heterocycles. The van der Waals surface area contributed by atoms with Crippen LogP contribution < -0.4 is 0 Å². The summed E-state index contributed by atoms with van der Waals surface area (Å²) in [5, 5.41) is 0. The minimum atomic E-state index is -4.39. The molecule has 0 aliphatic carbocycles. The Morgan fingerprint density at radius 3 is 2.26 bits per heavy atom. The topological polar surface area (TPSA) is 33.2 Å². The Morgan fingerprint density at radius 2 is 1.65 bits per heavy atom.